The highest BCUT2D eigenvalue weighted by Crippen LogP contribution is 2.15. The van der Waals surface area contributed by atoms with Crippen molar-refractivity contribution in [3.63, 3.8) is 0 Å². The van der Waals surface area contributed by atoms with E-state index in [1.807, 2.05) is 6.92 Å². The number of aliphatic carboxylic acids is 1. The maximum atomic E-state index is 10.5. The maximum Gasteiger partial charge on any atom is 0.308 e. The molecule has 1 aliphatic rings. The van der Waals surface area contributed by atoms with E-state index in [2.05, 4.69) is 5.32 Å². The topological polar surface area (TPSA) is 49.3 Å². The lowest BCUT2D eigenvalue weighted by atomic mass is 9.92. The number of carboxylic acids is 1. The third kappa shape index (κ3) is 2.67. The molecule has 1 aliphatic heterocycles. The van der Waals surface area contributed by atoms with Crippen molar-refractivity contribution in [2.75, 3.05) is 6.54 Å². The molecule has 0 saturated carbocycles. The zero-order valence-electron chi connectivity index (χ0n) is 6.54. The highest BCUT2D eigenvalue weighted by Gasteiger charge is 2.26. The molecule has 11 heavy (non-hydrogen) atoms. The molecule has 0 aromatic heterocycles. The summed E-state index contributed by atoms with van der Waals surface area (Å²) >= 11 is 0. The number of carboxylic acid groups (broad SMARTS) is 1. The van der Waals surface area contributed by atoms with Gasteiger partial charge in [-0.1, -0.05) is 0 Å². The van der Waals surface area contributed by atoms with Crippen LogP contribution in [0.3, 0.4) is 0 Å². The van der Waals surface area contributed by atoms with Crippen LogP contribution in [-0.2, 0) is 4.79 Å². The first-order valence-corrected chi connectivity index (χ1v) is 3.68. The lowest BCUT2D eigenvalue weighted by molar-refractivity contribution is -0.143. The molecule has 66 valence electrons. The Morgan fingerprint density at radius 1 is 1.64 bits per heavy atom. The summed E-state index contributed by atoms with van der Waals surface area (Å²) in [7, 11) is 0. The van der Waals surface area contributed by atoms with E-state index in [9.17, 15) is 4.79 Å². The number of piperidine rings is 1. The minimum absolute atomic E-state index is 0. The van der Waals surface area contributed by atoms with Gasteiger partial charge in [-0.2, -0.15) is 0 Å². The molecule has 4 heteroatoms. The second kappa shape index (κ2) is 4.57. The molecule has 2 N–H and O–H groups in total. The van der Waals surface area contributed by atoms with Crippen LogP contribution in [0.5, 0.6) is 0 Å². The molecule has 1 heterocycles. The van der Waals surface area contributed by atoms with E-state index < -0.39 is 5.97 Å². The van der Waals surface area contributed by atoms with Crippen molar-refractivity contribution in [3.05, 3.63) is 0 Å². The van der Waals surface area contributed by atoms with Gasteiger partial charge in [0, 0.05) is 6.04 Å². The number of rotatable bonds is 1. The number of hydrogen-bond donors (Lipinski definition) is 2. The predicted octanol–water partition coefficient (Wildman–Crippen LogP) is 0.881. The lowest BCUT2D eigenvalue weighted by Crippen LogP contribution is -2.42. The van der Waals surface area contributed by atoms with E-state index in [0.29, 0.717) is 0 Å². The quantitative estimate of drug-likeness (QED) is 0.629. The number of nitrogens with one attached hydrogen (secondary N) is 1. The molecule has 0 unspecified atom stereocenters. The Labute approximate surface area is 72.6 Å². The summed E-state index contributed by atoms with van der Waals surface area (Å²) in [4.78, 5) is 10.5. The van der Waals surface area contributed by atoms with Gasteiger partial charge in [0.25, 0.3) is 0 Å². The lowest BCUT2D eigenvalue weighted by Gasteiger charge is -2.26. The molecule has 2 atom stereocenters. The SMILES string of the molecule is C[C@@H]1NCCC[C@@H]1C(=O)O.Cl. The molecule has 3 nitrogen and oxygen atoms in total. The molecule has 0 aliphatic carbocycles. The predicted molar refractivity (Wildman–Crippen MR) is 45.1 cm³/mol. The highest BCUT2D eigenvalue weighted by molar-refractivity contribution is 5.85. The Morgan fingerprint density at radius 3 is 2.64 bits per heavy atom. The second-order valence-electron chi connectivity index (χ2n) is 2.83. The van der Waals surface area contributed by atoms with E-state index in [4.69, 9.17) is 5.11 Å². The van der Waals surface area contributed by atoms with E-state index >= 15 is 0 Å². The number of carbonyl (C=O) groups is 1. The summed E-state index contributed by atoms with van der Waals surface area (Å²) in [6.07, 6.45) is 1.81. The normalized spacial score (nSPS) is 30.6. The van der Waals surface area contributed by atoms with Gasteiger partial charge >= 0.3 is 5.97 Å². The van der Waals surface area contributed by atoms with Crippen molar-refractivity contribution < 1.29 is 9.90 Å². The third-order valence-electron chi connectivity index (χ3n) is 2.08. The van der Waals surface area contributed by atoms with Gasteiger partial charge < -0.3 is 10.4 Å². The van der Waals surface area contributed by atoms with E-state index in [1.165, 1.54) is 0 Å². The molecule has 0 bridgehead atoms. The Kier molecular flexibility index (Phi) is 4.45. The Hall–Kier alpha value is -0.280. The number of hydrogen-bond acceptors (Lipinski definition) is 2. The van der Waals surface area contributed by atoms with Crippen LogP contribution < -0.4 is 5.32 Å². The van der Waals surface area contributed by atoms with Gasteiger partial charge in [0.1, 0.15) is 0 Å². The fraction of sp³-hybridized carbons (Fsp3) is 0.857. The first kappa shape index (κ1) is 10.7. The fourth-order valence-electron chi connectivity index (χ4n) is 1.38. The largest absolute Gasteiger partial charge is 0.481 e. The summed E-state index contributed by atoms with van der Waals surface area (Å²) in [6, 6.07) is 0.145. The first-order valence-electron chi connectivity index (χ1n) is 3.68. The van der Waals surface area contributed by atoms with Gasteiger partial charge in [-0.25, -0.2) is 0 Å². The second-order valence-corrected chi connectivity index (χ2v) is 2.83. The van der Waals surface area contributed by atoms with E-state index in [-0.39, 0.29) is 24.4 Å². The monoisotopic (exact) mass is 179 g/mol. The van der Waals surface area contributed by atoms with E-state index in [1.54, 1.807) is 0 Å². The molecular formula is C7H14ClNO2. The van der Waals surface area contributed by atoms with Crippen LogP contribution >= 0.6 is 12.4 Å². The molecule has 0 spiro atoms. The summed E-state index contributed by atoms with van der Waals surface area (Å²) in [6.45, 7) is 2.89. The minimum atomic E-state index is -0.667. The molecule has 0 aromatic rings. The Morgan fingerprint density at radius 2 is 2.27 bits per heavy atom. The standard InChI is InChI=1S/C7H13NO2.ClH/c1-5-6(7(9)10)3-2-4-8-5;/h5-6,8H,2-4H2,1H3,(H,9,10);1H/t5-,6-;/m0./s1. The minimum Gasteiger partial charge on any atom is -0.481 e. The first-order chi connectivity index (χ1) is 4.72. The smallest absolute Gasteiger partial charge is 0.308 e. The van der Waals surface area contributed by atoms with Crippen molar-refractivity contribution in [3.8, 4) is 0 Å². The average Bonchev–Trinajstić information content (AvgIpc) is 1.88. The fourth-order valence-corrected chi connectivity index (χ4v) is 1.38. The molecule has 0 radical (unpaired) electrons. The summed E-state index contributed by atoms with van der Waals surface area (Å²) < 4.78 is 0. The maximum absolute atomic E-state index is 10.5. The molecular weight excluding hydrogens is 166 g/mol. The van der Waals surface area contributed by atoms with Gasteiger partial charge in [-0.15, -0.1) is 12.4 Å². The van der Waals surface area contributed by atoms with Gasteiger partial charge in [0.05, 0.1) is 5.92 Å². The molecule has 0 amide bonds. The molecule has 1 rings (SSSR count). The average molecular weight is 180 g/mol. The van der Waals surface area contributed by atoms with Crippen LogP contribution in [0.2, 0.25) is 0 Å². The highest BCUT2D eigenvalue weighted by atomic mass is 35.5. The van der Waals surface area contributed by atoms with Crippen molar-refractivity contribution >= 4 is 18.4 Å². The van der Waals surface area contributed by atoms with Crippen molar-refractivity contribution in [1.29, 1.82) is 0 Å². The molecule has 0 aromatic carbocycles. The van der Waals surface area contributed by atoms with Gasteiger partial charge in [-0.3, -0.25) is 4.79 Å². The van der Waals surface area contributed by atoms with E-state index in [0.717, 1.165) is 19.4 Å². The number of halogens is 1. The van der Waals surface area contributed by atoms with Crippen LogP contribution in [0.4, 0.5) is 0 Å². The van der Waals surface area contributed by atoms with Crippen LogP contribution in [0, 0.1) is 5.92 Å². The van der Waals surface area contributed by atoms with Crippen molar-refractivity contribution in [2.45, 2.75) is 25.8 Å². The van der Waals surface area contributed by atoms with Crippen molar-refractivity contribution in [1.82, 2.24) is 5.32 Å². The van der Waals surface area contributed by atoms with Crippen LogP contribution in [0.1, 0.15) is 19.8 Å². The van der Waals surface area contributed by atoms with Crippen molar-refractivity contribution in [2.24, 2.45) is 5.92 Å². The molecule has 1 saturated heterocycles. The summed E-state index contributed by atoms with van der Waals surface area (Å²) in [5.41, 5.74) is 0. The van der Waals surface area contributed by atoms with Gasteiger partial charge in [0.15, 0.2) is 0 Å². The van der Waals surface area contributed by atoms with Crippen LogP contribution in [0.25, 0.3) is 0 Å². The zero-order valence-corrected chi connectivity index (χ0v) is 7.36. The van der Waals surface area contributed by atoms with Gasteiger partial charge in [0.2, 0.25) is 0 Å². The Bertz CT molecular complexity index is 140. The Balaban J connectivity index is 0.000001000. The summed E-state index contributed by atoms with van der Waals surface area (Å²) in [5, 5.41) is 11.8. The van der Waals surface area contributed by atoms with Crippen LogP contribution in [0.15, 0.2) is 0 Å². The molecule has 1 fully saturated rings. The van der Waals surface area contributed by atoms with Crippen LogP contribution in [-0.4, -0.2) is 23.7 Å². The zero-order chi connectivity index (χ0) is 7.56. The van der Waals surface area contributed by atoms with Gasteiger partial charge in [-0.05, 0) is 26.3 Å². The summed E-state index contributed by atoms with van der Waals surface area (Å²) in [5.74, 6) is -0.839. The third-order valence-corrected chi connectivity index (χ3v) is 2.08.